The molecule has 2 N–H and O–H groups in total. The fourth-order valence-electron chi connectivity index (χ4n) is 3.09. The van der Waals surface area contributed by atoms with Crippen molar-refractivity contribution in [2.75, 3.05) is 13.2 Å². The van der Waals surface area contributed by atoms with Gasteiger partial charge in [-0.2, -0.15) is 0 Å². The summed E-state index contributed by atoms with van der Waals surface area (Å²) in [4.78, 5) is 0. The van der Waals surface area contributed by atoms with E-state index in [1.165, 1.54) is 0 Å². The summed E-state index contributed by atoms with van der Waals surface area (Å²) in [5.74, 6) is 0.978. The molecule has 7 heteroatoms. The lowest BCUT2D eigenvalue weighted by Crippen LogP contribution is -2.21. The van der Waals surface area contributed by atoms with E-state index >= 15 is 0 Å². The quantitative estimate of drug-likeness (QED) is 0.350. The second-order valence-electron chi connectivity index (χ2n) is 6.88. The van der Waals surface area contributed by atoms with Gasteiger partial charge in [0.25, 0.3) is 0 Å². The number of aliphatic hydroxyl groups excluding tert-OH is 1. The van der Waals surface area contributed by atoms with Crippen molar-refractivity contribution in [3.63, 3.8) is 0 Å². The van der Waals surface area contributed by atoms with Gasteiger partial charge in [0, 0.05) is 28.7 Å². The van der Waals surface area contributed by atoms with E-state index in [0.29, 0.717) is 51.8 Å². The minimum Gasteiger partial charge on any atom is -0.490 e. The van der Waals surface area contributed by atoms with Crippen LogP contribution in [-0.4, -0.2) is 18.3 Å². The largest absolute Gasteiger partial charge is 0.490 e. The number of hydrogen-bond donors (Lipinski definition) is 2. The van der Waals surface area contributed by atoms with Gasteiger partial charge in [-0.15, -0.1) is 0 Å². The van der Waals surface area contributed by atoms with E-state index < -0.39 is 6.10 Å². The van der Waals surface area contributed by atoms with Crippen molar-refractivity contribution >= 4 is 34.8 Å². The monoisotopic (exact) mass is 479 g/mol. The summed E-state index contributed by atoms with van der Waals surface area (Å²) in [5, 5.41) is 15.0. The van der Waals surface area contributed by atoms with Gasteiger partial charge >= 0.3 is 0 Å². The van der Waals surface area contributed by atoms with Crippen LogP contribution in [0.15, 0.2) is 60.7 Å². The maximum atomic E-state index is 10.3. The molecule has 1 unspecified atom stereocenters. The maximum absolute atomic E-state index is 10.3. The Hall–Kier alpha value is -1.95. The molecule has 0 saturated carbocycles. The zero-order valence-corrected chi connectivity index (χ0v) is 19.3. The number of hydrogen-bond acceptors (Lipinski definition) is 4. The summed E-state index contributed by atoms with van der Waals surface area (Å²) in [5.41, 5.74) is 2.46. The Morgan fingerprint density at radius 2 is 1.61 bits per heavy atom. The highest BCUT2D eigenvalue weighted by Crippen LogP contribution is 2.38. The normalized spacial score (nSPS) is 11.9. The van der Waals surface area contributed by atoms with Gasteiger partial charge in [-0.1, -0.05) is 71.2 Å². The molecule has 0 saturated heterocycles. The summed E-state index contributed by atoms with van der Waals surface area (Å²) < 4.78 is 11.7. The van der Waals surface area contributed by atoms with E-state index in [2.05, 4.69) is 5.32 Å². The Kier molecular flexibility index (Phi) is 8.88. The SMILES string of the molecule is CCOc1cc(CNCC(O)c2ccccc2)cc(Cl)c1OCc1c(Cl)cccc1Cl. The fourth-order valence-corrected chi connectivity index (χ4v) is 3.88. The van der Waals surface area contributed by atoms with E-state index in [-0.39, 0.29) is 6.61 Å². The molecule has 31 heavy (non-hydrogen) atoms. The summed E-state index contributed by atoms with van der Waals surface area (Å²) in [6, 6.07) is 18.5. The van der Waals surface area contributed by atoms with Crippen LogP contribution >= 0.6 is 34.8 Å². The maximum Gasteiger partial charge on any atom is 0.180 e. The number of rotatable bonds is 10. The first-order valence-electron chi connectivity index (χ1n) is 9.94. The molecule has 0 radical (unpaired) electrons. The number of ether oxygens (including phenoxy) is 2. The molecular weight excluding hydrogens is 457 g/mol. The molecule has 164 valence electrons. The predicted octanol–water partition coefficient (Wildman–Crippen LogP) is 6.45. The van der Waals surface area contributed by atoms with Crippen LogP contribution < -0.4 is 14.8 Å². The number of nitrogens with one attached hydrogen (secondary N) is 1. The smallest absolute Gasteiger partial charge is 0.180 e. The summed E-state index contributed by atoms with van der Waals surface area (Å²) in [7, 11) is 0. The molecule has 3 rings (SSSR count). The second-order valence-corrected chi connectivity index (χ2v) is 8.11. The Morgan fingerprint density at radius 3 is 2.29 bits per heavy atom. The molecule has 0 aliphatic rings. The van der Waals surface area contributed by atoms with Crippen LogP contribution in [0.3, 0.4) is 0 Å². The lowest BCUT2D eigenvalue weighted by molar-refractivity contribution is 0.174. The first-order valence-corrected chi connectivity index (χ1v) is 11.1. The van der Waals surface area contributed by atoms with Gasteiger partial charge in [0.15, 0.2) is 11.5 Å². The van der Waals surface area contributed by atoms with Crippen molar-refractivity contribution in [1.29, 1.82) is 0 Å². The molecule has 0 spiro atoms. The van der Waals surface area contributed by atoms with Crippen LogP contribution in [0.4, 0.5) is 0 Å². The standard InChI is InChI=1S/C24H24Cl3NO3/c1-2-30-23-12-16(13-28-14-22(29)17-7-4-3-5-8-17)11-21(27)24(23)31-15-18-19(25)9-6-10-20(18)26/h3-12,22,28-29H,2,13-15H2,1H3. The van der Waals surface area contributed by atoms with Crippen LogP contribution in [-0.2, 0) is 13.2 Å². The van der Waals surface area contributed by atoms with Crippen molar-refractivity contribution in [1.82, 2.24) is 5.32 Å². The average Bonchev–Trinajstić information content (AvgIpc) is 2.75. The molecule has 3 aromatic carbocycles. The Balaban J connectivity index is 1.68. The molecule has 0 bridgehead atoms. The van der Waals surface area contributed by atoms with Crippen LogP contribution in [0.25, 0.3) is 0 Å². The topological polar surface area (TPSA) is 50.7 Å². The van der Waals surface area contributed by atoms with Crippen LogP contribution in [0.2, 0.25) is 15.1 Å². The van der Waals surface area contributed by atoms with Crippen LogP contribution in [0.1, 0.15) is 29.7 Å². The highest BCUT2D eigenvalue weighted by Gasteiger charge is 2.15. The molecule has 0 fully saturated rings. The van der Waals surface area contributed by atoms with E-state index in [0.717, 1.165) is 11.1 Å². The zero-order valence-electron chi connectivity index (χ0n) is 17.1. The molecule has 0 aliphatic heterocycles. The van der Waals surface area contributed by atoms with Crippen molar-refractivity contribution in [3.8, 4) is 11.5 Å². The van der Waals surface area contributed by atoms with Gasteiger partial charge < -0.3 is 19.9 Å². The lowest BCUT2D eigenvalue weighted by Gasteiger charge is -2.17. The predicted molar refractivity (Wildman–Crippen MR) is 127 cm³/mol. The van der Waals surface area contributed by atoms with Crippen molar-refractivity contribution in [2.45, 2.75) is 26.2 Å². The molecule has 0 heterocycles. The van der Waals surface area contributed by atoms with E-state index in [4.69, 9.17) is 44.3 Å². The molecule has 0 aromatic heterocycles. The Bertz CT molecular complexity index is 979. The molecule has 1 atom stereocenters. The average molecular weight is 481 g/mol. The highest BCUT2D eigenvalue weighted by atomic mass is 35.5. The van der Waals surface area contributed by atoms with Crippen molar-refractivity contribution < 1.29 is 14.6 Å². The number of aliphatic hydroxyl groups is 1. The third-order valence-corrected chi connectivity index (χ3v) is 5.63. The zero-order chi connectivity index (χ0) is 22.2. The first-order chi connectivity index (χ1) is 15.0. The third kappa shape index (κ3) is 6.52. The van der Waals surface area contributed by atoms with Crippen LogP contribution in [0, 0.1) is 0 Å². The summed E-state index contributed by atoms with van der Waals surface area (Å²) >= 11 is 19.0. The second kappa shape index (κ2) is 11.6. The summed E-state index contributed by atoms with van der Waals surface area (Å²) in [6.07, 6.45) is -0.592. The van der Waals surface area contributed by atoms with Gasteiger partial charge in [-0.3, -0.25) is 0 Å². The van der Waals surface area contributed by atoms with Gasteiger partial charge in [-0.25, -0.2) is 0 Å². The lowest BCUT2D eigenvalue weighted by atomic mass is 10.1. The Morgan fingerprint density at radius 1 is 0.903 bits per heavy atom. The van der Waals surface area contributed by atoms with E-state index in [1.54, 1.807) is 18.2 Å². The molecular formula is C24H24Cl3NO3. The first kappa shape index (κ1) is 23.7. The Labute approximate surface area is 197 Å². The number of halogens is 3. The third-order valence-electron chi connectivity index (χ3n) is 4.64. The van der Waals surface area contributed by atoms with Crippen molar-refractivity contribution in [3.05, 3.63) is 92.4 Å². The van der Waals surface area contributed by atoms with E-state index in [9.17, 15) is 5.11 Å². The molecule has 3 aromatic rings. The van der Waals surface area contributed by atoms with Crippen LogP contribution in [0.5, 0.6) is 11.5 Å². The highest BCUT2D eigenvalue weighted by molar-refractivity contribution is 6.36. The van der Waals surface area contributed by atoms with Gasteiger partial charge in [-0.05, 0) is 42.3 Å². The molecule has 4 nitrogen and oxygen atoms in total. The fraction of sp³-hybridized carbons (Fsp3) is 0.250. The van der Waals surface area contributed by atoms with Gasteiger partial charge in [0.2, 0.25) is 0 Å². The van der Waals surface area contributed by atoms with Crippen molar-refractivity contribution in [2.24, 2.45) is 0 Å². The summed E-state index contributed by atoms with van der Waals surface area (Å²) in [6.45, 7) is 3.45. The molecule has 0 amide bonds. The minimum absolute atomic E-state index is 0.166. The van der Waals surface area contributed by atoms with Gasteiger partial charge in [0.05, 0.1) is 17.7 Å². The molecule has 0 aliphatic carbocycles. The minimum atomic E-state index is -0.592. The number of benzene rings is 3. The van der Waals surface area contributed by atoms with E-state index in [1.807, 2.05) is 49.4 Å². The van der Waals surface area contributed by atoms with Gasteiger partial charge in [0.1, 0.15) is 6.61 Å².